The minimum Gasteiger partial charge on any atom is -0.372 e. The van der Waals surface area contributed by atoms with Crippen molar-refractivity contribution >= 4 is 11.7 Å². The Morgan fingerprint density at radius 3 is 2.76 bits per heavy atom. The van der Waals surface area contributed by atoms with E-state index in [1.807, 2.05) is 4.90 Å². The van der Waals surface area contributed by atoms with Crippen molar-refractivity contribution < 1.29 is 4.79 Å². The minimum absolute atomic E-state index is 0.0655. The third kappa shape index (κ3) is 2.68. The van der Waals surface area contributed by atoms with Gasteiger partial charge in [-0.25, -0.2) is 4.79 Å². The van der Waals surface area contributed by atoms with Crippen LogP contribution in [0.2, 0.25) is 0 Å². The zero-order chi connectivity index (χ0) is 17.4. The van der Waals surface area contributed by atoms with Crippen LogP contribution in [-0.4, -0.2) is 34.6 Å². The normalized spacial score (nSPS) is 18.9. The fourth-order valence-electron chi connectivity index (χ4n) is 3.97. The van der Waals surface area contributed by atoms with Crippen molar-refractivity contribution in [1.29, 1.82) is 0 Å². The summed E-state index contributed by atoms with van der Waals surface area (Å²) in [6, 6.07) is 13.0. The van der Waals surface area contributed by atoms with E-state index in [0.29, 0.717) is 0 Å². The molecule has 3 heterocycles. The van der Waals surface area contributed by atoms with E-state index in [1.165, 1.54) is 17.1 Å². The van der Waals surface area contributed by atoms with Gasteiger partial charge < -0.3 is 20.1 Å². The van der Waals surface area contributed by atoms with Crippen LogP contribution in [0, 0.1) is 0 Å². The molecule has 2 aliphatic heterocycles. The first kappa shape index (κ1) is 16.1. The van der Waals surface area contributed by atoms with Crippen molar-refractivity contribution in [3.05, 3.63) is 48.3 Å². The molecule has 1 fully saturated rings. The van der Waals surface area contributed by atoms with Crippen LogP contribution in [0.1, 0.15) is 38.8 Å². The molecule has 0 saturated carbocycles. The number of piperidine rings is 1. The predicted octanol–water partition coefficient (Wildman–Crippen LogP) is 3.70. The Labute approximate surface area is 149 Å². The Kier molecular flexibility index (Phi) is 3.94. The zero-order valence-electron chi connectivity index (χ0n) is 15.0. The van der Waals surface area contributed by atoms with Gasteiger partial charge in [-0.15, -0.1) is 0 Å². The number of urea groups is 1. The standard InChI is InChI=1S/C20H26N4O/c1-3-15(2)21-19(25)23-13-10-20(11-14-23)18-9-6-12-24(18)17-8-5-4-7-16(17)22-20/h4-9,12,15,22H,3,10-11,13-14H2,1-2H3,(H,21,25)/t15-/m1/s1. The van der Waals surface area contributed by atoms with Crippen molar-refractivity contribution in [2.45, 2.75) is 44.7 Å². The second-order valence-corrected chi connectivity index (χ2v) is 7.23. The molecule has 1 saturated heterocycles. The topological polar surface area (TPSA) is 49.3 Å². The van der Waals surface area contributed by atoms with Crippen molar-refractivity contribution in [2.24, 2.45) is 0 Å². The fourth-order valence-corrected chi connectivity index (χ4v) is 3.97. The predicted molar refractivity (Wildman–Crippen MR) is 100 cm³/mol. The number of nitrogens with zero attached hydrogens (tertiary/aromatic N) is 2. The maximum Gasteiger partial charge on any atom is 0.317 e. The maximum absolute atomic E-state index is 12.4. The van der Waals surface area contributed by atoms with Crippen molar-refractivity contribution in [2.75, 3.05) is 18.4 Å². The summed E-state index contributed by atoms with van der Waals surface area (Å²) < 4.78 is 2.29. The molecule has 0 bridgehead atoms. The summed E-state index contributed by atoms with van der Waals surface area (Å²) in [6.07, 6.45) is 4.92. The Hall–Kier alpha value is -2.43. The van der Waals surface area contributed by atoms with Gasteiger partial charge in [0.15, 0.2) is 0 Å². The number of hydrogen-bond acceptors (Lipinski definition) is 2. The van der Waals surface area contributed by atoms with Crippen LogP contribution in [0.15, 0.2) is 42.6 Å². The van der Waals surface area contributed by atoms with Crippen molar-refractivity contribution in [1.82, 2.24) is 14.8 Å². The maximum atomic E-state index is 12.4. The van der Waals surface area contributed by atoms with Gasteiger partial charge in [0, 0.05) is 31.0 Å². The Bertz CT molecular complexity index is 774. The molecule has 0 radical (unpaired) electrons. The molecule has 0 unspecified atom stereocenters. The number of aromatic nitrogens is 1. The molecule has 2 aromatic rings. The molecule has 1 aromatic heterocycles. The van der Waals surface area contributed by atoms with E-state index in [2.05, 4.69) is 71.6 Å². The lowest BCUT2D eigenvalue weighted by molar-refractivity contribution is 0.160. The van der Waals surface area contributed by atoms with Crippen molar-refractivity contribution in [3.8, 4) is 5.69 Å². The van der Waals surface area contributed by atoms with Gasteiger partial charge in [0.2, 0.25) is 0 Å². The average molecular weight is 338 g/mol. The van der Waals surface area contributed by atoms with E-state index in [1.54, 1.807) is 0 Å². The van der Waals surface area contributed by atoms with Crippen LogP contribution in [-0.2, 0) is 5.54 Å². The number of para-hydroxylation sites is 2. The van der Waals surface area contributed by atoms with Gasteiger partial charge in [0.25, 0.3) is 0 Å². The largest absolute Gasteiger partial charge is 0.372 e. The Morgan fingerprint density at radius 1 is 1.24 bits per heavy atom. The highest BCUT2D eigenvalue weighted by Crippen LogP contribution is 2.43. The highest BCUT2D eigenvalue weighted by Gasteiger charge is 2.42. The highest BCUT2D eigenvalue weighted by molar-refractivity contribution is 5.75. The number of likely N-dealkylation sites (tertiary alicyclic amines) is 1. The SMILES string of the molecule is CC[C@@H](C)NC(=O)N1CCC2(CC1)Nc1ccccc1-n1cccc12. The summed E-state index contributed by atoms with van der Waals surface area (Å²) in [5, 5.41) is 6.87. The van der Waals surface area contributed by atoms with Gasteiger partial charge in [0.1, 0.15) is 0 Å². The molecule has 2 N–H and O–H groups in total. The Balaban J connectivity index is 1.55. The smallest absolute Gasteiger partial charge is 0.317 e. The minimum atomic E-state index is -0.0923. The molecule has 1 aromatic carbocycles. The van der Waals surface area contributed by atoms with Crippen LogP contribution in [0.3, 0.4) is 0 Å². The lowest BCUT2D eigenvalue weighted by Crippen LogP contribution is -2.53. The van der Waals surface area contributed by atoms with Crippen LogP contribution >= 0.6 is 0 Å². The molecule has 4 rings (SSSR count). The van der Waals surface area contributed by atoms with Crippen LogP contribution in [0.25, 0.3) is 5.69 Å². The quantitative estimate of drug-likeness (QED) is 0.877. The number of nitrogens with one attached hydrogen (secondary N) is 2. The number of fused-ring (bicyclic) bond motifs is 4. The van der Waals surface area contributed by atoms with Crippen LogP contribution < -0.4 is 10.6 Å². The summed E-state index contributed by atoms with van der Waals surface area (Å²) in [4.78, 5) is 14.4. The fraction of sp³-hybridized carbons (Fsp3) is 0.450. The molecule has 2 aliphatic rings. The van der Waals surface area contributed by atoms with Crippen molar-refractivity contribution in [3.63, 3.8) is 0 Å². The molecule has 5 heteroatoms. The summed E-state index contributed by atoms with van der Waals surface area (Å²) in [5.41, 5.74) is 3.58. The van der Waals surface area contributed by atoms with E-state index in [9.17, 15) is 4.79 Å². The van der Waals surface area contributed by atoms with Gasteiger partial charge in [-0.05, 0) is 50.5 Å². The van der Waals surface area contributed by atoms with Gasteiger partial charge >= 0.3 is 6.03 Å². The van der Waals surface area contributed by atoms with E-state index in [-0.39, 0.29) is 17.6 Å². The van der Waals surface area contributed by atoms with Crippen LogP contribution in [0.4, 0.5) is 10.5 Å². The van der Waals surface area contributed by atoms with Gasteiger partial charge in [-0.3, -0.25) is 0 Å². The van der Waals surface area contributed by atoms with Gasteiger partial charge in [-0.2, -0.15) is 0 Å². The molecule has 25 heavy (non-hydrogen) atoms. The molecule has 132 valence electrons. The molecule has 1 atom stereocenters. The number of carbonyl (C=O) groups is 1. The molecular weight excluding hydrogens is 312 g/mol. The number of benzene rings is 1. The molecule has 1 spiro atoms. The van der Waals surface area contributed by atoms with E-state index < -0.39 is 0 Å². The summed E-state index contributed by atoms with van der Waals surface area (Å²) >= 11 is 0. The number of amides is 2. The molecule has 5 nitrogen and oxygen atoms in total. The van der Waals surface area contributed by atoms with Gasteiger partial charge in [0.05, 0.1) is 16.9 Å². The second kappa shape index (κ2) is 6.14. The number of anilines is 1. The number of rotatable bonds is 2. The molecule has 0 aliphatic carbocycles. The third-order valence-electron chi connectivity index (χ3n) is 5.66. The average Bonchev–Trinajstić information content (AvgIpc) is 3.13. The lowest BCUT2D eigenvalue weighted by Gasteiger charge is -2.46. The van der Waals surface area contributed by atoms with Crippen LogP contribution in [0.5, 0.6) is 0 Å². The monoisotopic (exact) mass is 338 g/mol. The Morgan fingerprint density at radius 2 is 2.00 bits per heavy atom. The first-order valence-electron chi connectivity index (χ1n) is 9.24. The first-order valence-corrected chi connectivity index (χ1v) is 9.24. The first-order chi connectivity index (χ1) is 12.1. The molecule has 2 amide bonds. The summed E-state index contributed by atoms with van der Waals surface area (Å²) in [6.45, 7) is 5.68. The summed E-state index contributed by atoms with van der Waals surface area (Å²) in [5.74, 6) is 0. The third-order valence-corrected chi connectivity index (χ3v) is 5.66. The molecular formula is C20H26N4O. The van der Waals surface area contributed by atoms with Gasteiger partial charge in [-0.1, -0.05) is 19.1 Å². The van der Waals surface area contributed by atoms with E-state index >= 15 is 0 Å². The van der Waals surface area contributed by atoms with E-state index in [4.69, 9.17) is 0 Å². The lowest BCUT2D eigenvalue weighted by atomic mass is 9.82. The highest BCUT2D eigenvalue weighted by atomic mass is 16.2. The zero-order valence-corrected chi connectivity index (χ0v) is 15.0. The second-order valence-electron chi connectivity index (χ2n) is 7.23. The van der Waals surface area contributed by atoms with E-state index in [0.717, 1.165) is 32.4 Å². The summed E-state index contributed by atoms with van der Waals surface area (Å²) in [7, 11) is 0. The number of carbonyl (C=O) groups excluding carboxylic acids is 1. The number of hydrogen-bond donors (Lipinski definition) is 2.